The first kappa shape index (κ1) is 10.9. The van der Waals surface area contributed by atoms with Crippen molar-refractivity contribution in [2.45, 2.75) is 26.3 Å². The van der Waals surface area contributed by atoms with Crippen LogP contribution in [0.25, 0.3) is 0 Å². The lowest BCUT2D eigenvalue weighted by Gasteiger charge is -2.16. The number of nitrogens with zero attached hydrogens (tertiary/aromatic N) is 1. The van der Waals surface area contributed by atoms with Crippen molar-refractivity contribution in [3.05, 3.63) is 46.7 Å². The minimum atomic E-state index is 0.473. The highest BCUT2D eigenvalue weighted by molar-refractivity contribution is 5.81. The minimum absolute atomic E-state index is 0.473. The van der Waals surface area contributed by atoms with Gasteiger partial charge in [0.05, 0.1) is 6.04 Å². The molecule has 0 aromatic rings. The Kier molecular flexibility index (Phi) is 3.09. The Morgan fingerprint density at radius 1 is 1.50 bits per heavy atom. The average Bonchev–Trinajstić information content (AvgIpc) is 2.72. The van der Waals surface area contributed by atoms with Gasteiger partial charge in [0.25, 0.3) is 0 Å². The SMILES string of the molecule is CN=C/C(C)=C(\C)C1=CNC2CC=CC=C12. The van der Waals surface area contributed by atoms with E-state index in [-0.39, 0.29) is 0 Å². The molecule has 1 atom stereocenters. The summed E-state index contributed by atoms with van der Waals surface area (Å²) < 4.78 is 0. The number of rotatable bonds is 2. The third kappa shape index (κ3) is 1.87. The predicted molar refractivity (Wildman–Crippen MR) is 69.6 cm³/mol. The molecule has 0 spiro atoms. The second-order valence-corrected chi connectivity index (χ2v) is 4.26. The first-order chi connectivity index (χ1) is 7.74. The molecule has 0 aromatic carbocycles. The van der Waals surface area contributed by atoms with E-state index in [4.69, 9.17) is 0 Å². The molecule has 0 bridgehead atoms. The van der Waals surface area contributed by atoms with Crippen molar-refractivity contribution in [3.63, 3.8) is 0 Å². The Morgan fingerprint density at radius 3 is 3.06 bits per heavy atom. The van der Waals surface area contributed by atoms with E-state index in [1.54, 1.807) is 0 Å². The molecule has 0 aromatic heterocycles. The smallest absolute Gasteiger partial charge is 0.0549 e. The Balaban J connectivity index is 2.32. The van der Waals surface area contributed by atoms with Gasteiger partial charge in [-0.2, -0.15) is 0 Å². The molecule has 16 heavy (non-hydrogen) atoms. The highest BCUT2D eigenvalue weighted by atomic mass is 14.9. The standard InChI is InChI=1S/C14H18N2/c1-10(8-15-3)11(2)13-9-16-14-7-5-4-6-12(13)14/h4-6,8-9,14,16H,7H2,1-3H3/b11-10+,15-8?. The highest BCUT2D eigenvalue weighted by Crippen LogP contribution is 2.31. The summed E-state index contributed by atoms with van der Waals surface area (Å²) in [5.41, 5.74) is 5.27. The number of hydrogen-bond donors (Lipinski definition) is 1. The fraction of sp³-hybridized carbons (Fsp3) is 0.357. The van der Waals surface area contributed by atoms with Gasteiger partial charge in [0.15, 0.2) is 0 Å². The molecule has 0 saturated carbocycles. The molecule has 2 nitrogen and oxygen atoms in total. The number of hydrogen-bond acceptors (Lipinski definition) is 2. The monoisotopic (exact) mass is 214 g/mol. The maximum atomic E-state index is 4.07. The maximum absolute atomic E-state index is 4.07. The van der Waals surface area contributed by atoms with Gasteiger partial charge in [-0.05, 0) is 42.6 Å². The minimum Gasteiger partial charge on any atom is -0.383 e. The van der Waals surface area contributed by atoms with Gasteiger partial charge in [0, 0.05) is 19.5 Å². The third-order valence-corrected chi connectivity index (χ3v) is 3.22. The van der Waals surface area contributed by atoms with Crippen molar-refractivity contribution in [2.75, 3.05) is 7.05 Å². The summed E-state index contributed by atoms with van der Waals surface area (Å²) >= 11 is 0. The fourth-order valence-corrected chi connectivity index (χ4v) is 2.16. The topological polar surface area (TPSA) is 24.4 Å². The predicted octanol–water partition coefficient (Wildman–Crippen LogP) is 2.77. The van der Waals surface area contributed by atoms with Crippen LogP contribution in [0.15, 0.2) is 51.7 Å². The van der Waals surface area contributed by atoms with E-state index >= 15 is 0 Å². The van der Waals surface area contributed by atoms with Crippen LogP contribution in [-0.4, -0.2) is 19.3 Å². The van der Waals surface area contributed by atoms with Crippen LogP contribution in [0.4, 0.5) is 0 Å². The molecule has 84 valence electrons. The zero-order valence-corrected chi connectivity index (χ0v) is 10.1. The van der Waals surface area contributed by atoms with Crippen LogP contribution in [0.5, 0.6) is 0 Å². The summed E-state index contributed by atoms with van der Waals surface area (Å²) in [6.07, 6.45) is 11.7. The molecular weight excluding hydrogens is 196 g/mol. The Hall–Kier alpha value is -1.57. The number of aliphatic imine (C=N–C) groups is 1. The van der Waals surface area contributed by atoms with E-state index in [1.807, 2.05) is 13.3 Å². The maximum Gasteiger partial charge on any atom is 0.0549 e. The molecule has 1 aliphatic carbocycles. The van der Waals surface area contributed by atoms with E-state index < -0.39 is 0 Å². The molecule has 2 rings (SSSR count). The van der Waals surface area contributed by atoms with Crippen molar-refractivity contribution in [1.29, 1.82) is 0 Å². The lowest BCUT2D eigenvalue weighted by atomic mass is 9.91. The summed E-state index contributed by atoms with van der Waals surface area (Å²) in [4.78, 5) is 4.07. The first-order valence-corrected chi connectivity index (χ1v) is 5.67. The van der Waals surface area contributed by atoms with Crippen LogP contribution in [0, 0.1) is 0 Å². The van der Waals surface area contributed by atoms with E-state index in [1.165, 1.54) is 22.3 Å². The quantitative estimate of drug-likeness (QED) is 0.702. The zero-order valence-electron chi connectivity index (χ0n) is 10.1. The molecule has 2 heteroatoms. The van der Waals surface area contributed by atoms with Gasteiger partial charge < -0.3 is 5.32 Å². The van der Waals surface area contributed by atoms with Crippen LogP contribution in [0.1, 0.15) is 20.3 Å². The zero-order chi connectivity index (χ0) is 11.5. The molecule has 1 aliphatic heterocycles. The summed E-state index contributed by atoms with van der Waals surface area (Å²) in [6, 6.07) is 0.473. The first-order valence-electron chi connectivity index (χ1n) is 5.67. The van der Waals surface area contributed by atoms with Crippen LogP contribution < -0.4 is 5.32 Å². The van der Waals surface area contributed by atoms with Crippen molar-refractivity contribution in [2.24, 2.45) is 4.99 Å². The van der Waals surface area contributed by atoms with Crippen LogP contribution >= 0.6 is 0 Å². The van der Waals surface area contributed by atoms with Crippen molar-refractivity contribution < 1.29 is 0 Å². The molecule has 0 radical (unpaired) electrons. The molecule has 0 fully saturated rings. The lowest BCUT2D eigenvalue weighted by molar-refractivity contribution is 0.707. The highest BCUT2D eigenvalue weighted by Gasteiger charge is 2.24. The summed E-state index contributed by atoms with van der Waals surface area (Å²) in [6.45, 7) is 4.27. The van der Waals surface area contributed by atoms with Crippen LogP contribution in [0.3, 0.4) is 0 Å². The van der Waals surface area contributed by atoms with Gasteiger partial charge >= 0.3 is 0 Å². The molecular formula is C14H18N2. The van der Waals surface area contributed by atoms with Gasteiger partial charge in [-0.3, -0.25) is 4.99 Å². The van der Waals surface area contributed by atoms with E-state index in [0.29, 0.717) is 6.04 Å². The largest absolute Gasteiger partial charge is 0.383 e. The van der Waals surface area contributed by atoms with Gasteiger partial charge in [-0.25, -0.2) is 0 Å². The van der Waals surface area contributed by atoms with E-state index in [9.17, 15) is 0 Å². The van der Waals surface area contributed by atoms with Gasteiger partial charge in [0.1, 0.15) is 0 Å². The second kappa shape index (κ2) is 4.52. The second-order valence-electron chi connectivity index (χ2n) is 4.26. The van der Waals surface area contributed by atoms with E-state index in [0.717, 1.165) is 6.42 Å². The fourth-order valence-electron chi connectivity index (χ4n) is 2.16. The molecule has 1 N–H and O–H groups in total. The molecule has 1 heterocycles. The molecule has 0 saturated heterocycles. The molecule has 1 unspecified atom stereocenters. The van der Waals surface area contributed by atoms with Gasteiger partial charge in [0.2, 0.25) is 0 Å². The van der Waals surface area contributed by atoms with Crippen LogP contribution in [0.2, 0.25) is 0 Å². The third-order valence-electron chi connectivity index (χ3n) is 3.22. The normalized spacial score (nSPS) is 24.8. The van der Waals surface area contributed by atoms with E-state index in [2.05, 4.69) is 48.6 Å². The number of allylic oxidation sites excluding steroid dienone is 4. The average molecular weight is 214 g/mol. The Bertz CT molecular complexity index is 434. The summed E-state index contributed by atoms with van der Waals surface area (Å²) in [5, 5.41) is 3.43. The molecule has 0 amide bonds. The summed E-state index contributed by atoms with van der Waals surface area (Å²) in [5.74, 6) is 0. The Labute approximate surface area is 97.2 Å². The van der Waals surface area contributed by atoms with Crippen molar-refractivity contribution in [1.82, 2.24) is 5.32 Å². The van der Waals surface area contributed by atoms with Gasteiger partial charge in [-0.15, -0.1) is 0 Å². The molecule has 2 aliphatic rings. The van der Waals surface area contributed by atoms with Gasteiger partial charge in [-0.1, -0.05) is 18.2 Å². The lowest BCUT2D eigenvalue weighted by Crippen LogP contribution is -2.21. The Morgan fingerprint density at radius 2 is 2.31 bits per heavy atom. The van der Waals surface area contributed by atoms with Crippen molar-refractivity contribution in [3.8, 4) is 0 Å². The number of nitrogens with one attached hydrogen (secondary N) is 1. The number of fused-ring (bicyclic) bond motifs is 1. The van der Waals surface area contributed by atoms with Crippen molar-refractivity contribution >= 4 is 6.21 Å². The summed E-state index contributed by atoms with van der Waals surface area (Å²) in [7, 11) is 1.81. The van der Waals surface area contributed by atoms with Crippen LogP contribution in [-0.2, 0) is 0 Å².